The molecule has 1 fully saturated rings. The number of ether oxygens (including phenoxy) is 1. The molecule has 0 aliphatic carbocycles. The molecule has 0 atom stereocenters. The molecule has 31 heavy (non-hydrogen) atoms. The molecule has 8 nitrogen and oxygen atoms in total. The number of pyridine rings is 1. The van der Waals surface area contributed by atoms with E-state index >= 15 is 0 Å². The van der Waals surface area contributed by atoms with Crippen LogP contribution in [0.15, 0.2) is 54.7 Å². The third kappa shape index (κ3) is 5.39. The molecule has 1 N–H and O–H groups in total. The highest BCUT2D eigenvalue weighted by atomic mass is 16.5. The van der Waals surface area contributed by atoms with Crippen molar-refractivity contribution in [2.45, 2.75) is 38.2 Å². The molecule has 0 spiro atoms. The van der Waals surface area contributed by atoms with Gasteiger partial charge in [-0.1, -0.05) is 36.4 Å². The van der Waals surface area contributed by atoms with Gasteiger partial charge < -0.3 is 15.0 Å². The Hall–Kier alpha value is -3.42. The molecule has 1 saturated heterocycles. The maximum Gasteiger partial charge on any atom is 0.407 e. The Labute approximate surface area is 181 Å². The van der Waals surface area contributed by atoms with Crippen molar-refractivity contribution in [1.29, 1.82) is 0 Å². The SMILES string of the molecule is O=C(NCCCC(=O)N1CCC(c2nnc3ccccn23)CC1)OCc1ccccc1. The van der Waals surface area contributed by atoms with Crippen LogP contribution in [0.25, 0.3) is 5.65 Å². The van der Waals surface area contributed by atoms with Crippen molar-refractivity contribution >= 4 is 17.6 Å². The van der Waals surface area contributed by atoms with Crippen molar-refractivity contribution in [2.75, 3.05) is 19.6 Å². The fraction of sp³-hybridized carbons (Fsp3) is 0.391. The van der Waals surface area contributed by atoms with Crippen molar-refractivity contribution in [3.63, 3.8) is 0 Å². The number of carbonyl (C=O) groups is 2. The predicted octanol–water partition coefficient (Wildman–Crippen LogP) is 3.14. The topological polar surface area (TPSA) is 88.8 Å². The molecule has 0 radical (unpaired) electrons. The molecule has 3 aromatic rings. The molecule has 0 saturated carbocycles. The zero-order valence-electron chi connectivity index (χ0n) is 17.4. The second-order valence-electron chi connectivity index (χ2n) is 7.73. The van der Waals surface area contributed by atoms with Gasteiger partial charge in [0.2, 0.25) is 5.91 Å². The van der Waals surface area contributed by atoms with Gasteiger partial charge in [-0.3, -0.25) is 9.20 Å². The van der Waals surface area contributed by atoms with E-state index < -0.39 is 6.09 Å². The Morgan fingerprint density at radius 2 is 1.81 bits per heavy atom. The monoisotopic (exact) mass is 421 g/mol. The lowest BCUT2D eigenvalue weighted by molar-refractivity contribution is -0.132. The summed E-state index contributed by atoms with van der Waals surface area (Å²) >= 11 is 0. The van der Waals surface area contributed by atoms with Gasteiger partial charge in [0, 0.05) is 38.2 Å². The van der Waals surface area contributed by atoms with Crippen LogP contribution < -0.4 is 5.32 Å². The number of piperidine rings is 1. The third-order valence-electron chi connectivity index (χ3n) is 5.60. The van der Waals surface area contributed by atoms with E-state index in [0.717, 1.165) is 43.0 Å². The van der Waals surface area contributed by atoms with Gasteiger partial charge in [-0.05, 0) is 37.0 Å². The summed E-state index contributed by atoms with van der Waals surface area (Å²) in [6.07, 6.45) is 4.29. The summed E-state index contributed by atoms with van der Waals surface area (Å²) in [6.45, 7) is 2.10. The molecule has 1 aromatic carbocycles. The van der Waals surface area contributed by atoms with Gasteiger partial charge in [0.25, 0.3) is 0 Å². The van der Waals surface area contributed by atoms with E-state index in [0.29, 0.717) is 25.3 Å². The highest BCUT2D eigenvalue weighted by Crippen LogP contribution is 2.27. The largest absolute Gasteiger partial charge is 0.445 e. The minimum atomic E-state index is -0.461. The number of alkyl carbamates (subject to hydrolysis) is 1. The highest BCUT2D eigenvalue weighted by molar-refractivity contribution is 5.76. The predicted molar refractivity (Wildman–Crippen MR) is 115 cm³/mol. The normalized spacial score (nSPS) is 14.5. The number of hydrogen-bond acceptors (Lipinski definition) is 5. The van der Waals surface area contributed by atoms with Crippen LogP contribution in [0, 0.1) is 0 Å². The Morgan fingerprint density at radius 3 is 2.61 bits per heavy atom. The number of nitrogens with zero attached hydrogens (tertiary/aromatic N) is 4. The molecule has 8 heteroatoms. The van der Waals surface area contributed by atoms with E-state index in [-0.39, 0.29) is 12.5 Å². The summed E-state index contributed by atoms with van der Waals surface area (Å²) < 4.78 is 7.20. The van der Waals surface area contributed by atoms with Gasteiger partial charge in [0.05, 0.1) is 0 Å². The van der Waals surface area contributed by atoms with Crippen LogP contribution >= 0.6 is 0 Å². The van der Waals surface area contributed by atoms with Crippen molar-refractivity contribution in [2.24, 2.45) is 0 Å². The van der Waals surface area contributed by atoms with Gasteiger partial charge >= 0.3 is 6.09 Å². The van der Waals surface area contributed by atoms with E-state index in [1.165, 1.54) is 0 Å². The number of benzene rings is 1. The number of aromatic nitrogens is 3. The van der Waals surface area contributed by atoms with Crippen LogP contribution in [0.2, 0.25) is 0 Å². The van der Waals surface area contributed by atoms with Gasteiger partial charge in [0.1, 0.15) is 12.4 Å². The summed E-state index contributed by atoms with van der Waals surface area (Å²) in [5.41, 5.74) is 1.79. The molecular weight excluding hydrogens is 394 g/mol. The van der Waals surface area contributed by atoms with E-state index in [2.05, 4.69) is 15.5 Å². The highest BCUT2D eigenvalue weighted by Gasteiger charge is 2.26. The first kappa shape index (κ1) is 20.8. The minimum absolute atomic E-state index is 0.129. The van der Waals surface area contributed by atoms with Crippen LogP contribution in [0.1, 0.15) is 43.0 Å². The van der Waals surface area contributed by atoms with E-state index in [4.69, 9.17) is 4.74 Å². The van der Waals surface area contributed by atoms with Gasteiger partial charge in [0.15, 0.2) is 5.65 Å². The summed E-state index contributed by atoms with van der Waals surface area (Å²) in [5, 5.41) is 11.3. The molecular formula is C23H27N5O3. The number of nitrogens with one attached hydrogen (secondary N) is 1. The number of amides is 2. The molecule has 2 aromatic heterocycles. The summed E-state index contributed by atoms with van der Waals surface area (Å²) in [7, 11) is 0. The van der Waals surface area contributed by atoms with Crippen molar-refractivity contribution in [1.82, 2.24) is 24.8 Å². The smallest absolute Gasteiger partial charge is 0.407 e. The van der Waals surface area contributed by atoms with E-state index in [1.807, 2.05) is 64.0 Å². The standard InChI is InChI=1S/C23H27N5O3/c29-21(10-6-13-24-23(30)31-17-18-7-2-1-3-8-18)27-15-11-19(12-16-27)22-26-25-20-9-4-5-14-28(20)22/h1-5,7-9,14,19H,6,10-13,15-17H2,(H,24,30). The summed E-state index contributed by atoms with van der Waals surface area (Å²) in [5.74, 6) is 1.41. The lowest BCUT2D eigenvalue weighted by Gasteiger charge is -2.31. The quantitative estimate of drug-likeness (QED) is 0.592. The van der Waals surface area contributed by atoms with Crippen molar-refractivity contribution < 1.29 is 14.3 Å². The van der Waals surface area contributed by atoms with E-state index in [1.54, 1.807) is 0 Å². The van der Waals surface area contributed by atoms with E-state index in [9.17, 15) is 9.59 Å². The van der Waals surface area contributed by atoms with Gasteiger partial charge in [-0.15, -0.1) is 10.2 Å². The Morgan fingerprint density at radius 1 is 1.03 bits per heavy atom. The third-order valence-corrected chi connectivity index (χ3v) is 5.60. The first-order valence-corrected chi connectivity index (χ1v) is 10.7. The summed E-state index contributed by atoms with van der Waals surface area (Å²) in [4.78, 5) is 26.2. The second-order valence-corrected chi connectivity index (χ2v) is 7.73. The first-order valence-electron chi connectivity index (χ1n) is 10.7. The van der Waals surface area contributed by atoms with Gasteiger partial charge in [-0.25, -0.2) is 4.79 Å². The zero-order chi connectivity index (χ0) is 21.5. The molecule has 1 aliphatic heterocycles. The number of fused-ring (bicyclic) bond motifs is 1. The van der Waals surface area contributed by atoms with Crippen LogP contribution in [-0.4, -0.2) is 51.1 Å². The Kier molecular flexibility index (Phi) is 6.76. The maximum absolute atomic E-state index is 12.5. The fourth-order valence-electron chi connectivity index (χ4n) is 3.89. The van der Waals surface area contributed by atoms with Gasteiger partial charge in [-0.2, -0.15) is 0 Å². The van der Waals surface area contributed by atoms with Crippen molar-refractivity contribution in [3.05, 3.63) is 66.1 Å². The molecule has 162 valence electrons. The number of carbonyl (C=O) groups excluding carboxylic acids is 2. The van der Waals surface area contributed by atoms with Crippen molar-refractivity contribution in [3.8, 4) is 0 Å². The molecule has 1 aliphatic rings. The summed E-state index contributed by atoms with van der Waals surface area (Å²) in [6, 6.07) is 15.4. The van der Waals surface area contributed by atoms with Crippen LogP contribution in [0.4, 0.5) is 4.79 Å². The molecule has 0 bridgehead atoms. The first-order chi connectivity index (χ1) is 15.2. The zero-order valence-corrected chi connectivity index (χ0v) is 17.4. The lowest BCUT2D eigenvalue weighted by atomic mass is 9.95. The number of likely N-dealkylation sites (tertiary alicyclic amines) is 1. The average Bonchev–Trinajstić information content (AvgIpc) is 3.25. The fourth-order valence-corrected chi connectivity index (χ4v) is 3.89. The lowest BCUT2D eigenvalue weighted by Crippen LogP contribution is -2.38. The molecule has 2 amide bonds. The number of hydrogen-bond donors (Lipinski definition) is 1. The Bertz CT molecular complexity index is 1010. The van der Waals surface area contributed by atoms with Crippen LogP contribution in [0.5, 0.6) is 0 Å². The average molecular weight is 422 g/mol. The second kappa shape index (κ2) is 10.1. The maximum atomic E-state index is 12.5. The van der Waals surface area contributed by atoms with Crippen LogP contribution in [-0.2, 0) is 16.1 Å². The molecule has 3 heterocycles. The Balaban J connectivity index is 1.14. The molecule has 0 unspecified atom stereocenters. The van der Waals surface area contributed by atoms with Crippen LogP contribution in [0.3, 0.4) is 0 Å². The minimum Gasteiger partial charge on any atom is -0.445 e. The molecule has 4 rings (SSSR count). The number of rotatable bonds is 7.